The number of primary amides is 1. The van der Waals surface area contributed by atoms with Crippen LogP contribution in [0.3, 0.4) is 0 Å². The van der Waals surface area contributed by atoms with Crippen molar-refractivity contribution >= 4 is 28.8 Å². The fourth-order valence-electron chi connectivity index (χ4n) is 1.84. The molecule has 3 aromatic rings. The minimum atomic E-state index is -0.777. The van der Waals surface area contributed by atoms with Crippen LogP contribution in [0, 0.1) is 0 Å². The van der Waals surface area contributed by atoms with Gasteiger partial charge in [0.2, 0.25) is 5.95 Å². The number of hydrogen-bond donors (Lipinski definition) is 4. The molecule has 2 aromatic heterocycles. The number of rotatable bonds is 3. The van der Waals surface area contributed by atoms with Gasteiger partial charge >= 0.3 is 0 Å². The number of nitrogens with two attached hydrogens (primary N) is 1. The summed E-state index contributed by atoms with van der Waals surface area (Å²) < 4.78 is 0. The minimum Gasteiger partial charge on any atom is -0.364 e. The van der Waals surface area contributed by atoms with E-state index in [0.29, 0.717) is 0 Å². The molecule has 8 heteroatoms. The van der Waals surface area contributed by atoms with Gasteiger partial charge in [0.05, 0.1) is 17.4 Å². The summed E-state index contributed by atoms with van der Waals surface area (Å²) in [6.45, 7) is 0. The van der Waals surface area contributed by atoms with Gasteiger partial charge in [-0.3, -0.25) is 14.9 Å². The van der Waals surface area contributed by atoms with Gasteiger partial charge in [-0.15, -0.1) is 0 Å². The number of carbonyl (C=O) groups is 2. The van der Waals surface area contributed by atoms with E-state index in [0.717, 1.165) is 11.0 Å². The maximum atomic E-state index is 12.0. The molecule has 0 spiro atoms. The van der Waals surface area contributed by atoms with Gasteiger partial charge in [0, 0.05) is 0 Å². The van der Waals surface area contributed by atoms with Crippen LogP contribution in [0.1, 0.15) is 21.0 Å². The summed E-state index contributed by atoms with van der Waals surface area (Å²) in [5, 5.41) is 2.54. The Balaban J connectivity index is 1.88. The molecular formula is C12H10N6O2. The van der Waals surface area contributed by atoms with E-state index in [2.05, 4.69) is 25.3 Å². The van der Waals surface area contributed by atoms with Crippen LogP contribution in [0.2, 0.25) is 0 Å². The van der Waals surface area contributed by atoms with Gasteiger partial charge in [-0.25, -0.2) is 9.97 Å². The molecule has 2 heterocycles. The third kappa shape index (κ3) is 1.99. The number of fused-ring (bicyclic) bond motifs is 1. The number of hydrogen-bond acceptors (Lipinski definition) is 4. The van der Waals surface area contributed by atoms with Gasteiger partial charge in [-0.05, 0) is 12.1 Å². The first-order valence-corrected chi connectivity index (χ1v) is 5.74. The molecule has 3 rings (SSSR count). The van der Waals surface area contributed by atoms with E-state index in [1.807, 2.05) is 24.3 Å². The van der Waals surface area contributed by atoms with Crippen LogP contribution in [0.5, 0.6) is 0 Å². The molecule has 0 aliphatic heterocycles. The number of para-hydroxylation sites is 2. The van der Waals surface area contributed by atoms with Gasteiger partial charge in [0.1, 0.15) is 5.69 Å². The zero-order chi connectivity index (χ0) is 14.1. The van der Waals surface area contributed by atoms with Crippen LogP contribution in [-0.4, -0.2) is 31.8 Å². The summed E-state index contributed by atoms with van der Waals surface area (Å²) >= 11 is 0. The van der Waals surface area contributed by atoms with Gasteiger partial charge in [0.15, 0.2) is 5.69 Å². The summed E-state index contributed by atoms with van der Waals surface area (Å²) in [6, 6.07) is 7.34. The Labute approximate surface area is 112 Å². The van der Waals surface area contributed by atoms with E-state index < -0.39 is 11.8 Å². The fraction of sp³-hybridized carbons (Fsp3) is 0. The molecule has 5 N–H and O–H groups in total. The minimum absolute atomic E-state index is 0.00189. The van der Waals surface area contributed by atoms with Gasteiger partial charge in [0.25, 0.3) is 11.8 Å². The molecule has 0 unspecified atom stereocenters. The number of aromatic amines is 2. The van der Waals surface area contributed by atoms with Gasteiger partial charge in [-0.1, -0.05) is 12.1 Å². The molecular weight excluding hydrogens is 260 g/mol. The van der Waals surface area contributed by atoms with Crippen molar-refractivity contribution in [2.24, 2.45) is 5.73 Å². The second-order valence-electron chi connectivity index (χ2n) is 4.05. The summed E-state index contributed by atoms with van der Waals surface area (Å²) in [5.41, 5.74) is 6.53. The van der Waals surface area contributed by atoms with Crippen LogP contribution in [0.4, 0.5) is 5.95 Å². The first-order valence-electron chi connectivity index (χ1n) is 5.74. The number of imidazole rings is 2. The summed E-state index contributed by atoms with van der Waals surface area (Å²) in [5.74, 6) is -1.04. The molecule has 8 nitrogen and oxygen atoms in total. The van der Waals surface area contributed by atoms with Crippen LogP contribution in [0.25, 0.3) is 11.0 Å². The maximum Gasteiger partial charge on any atom is 0.276 e. The highest BCUT2D eigenvalue weighted by atomic mass is 16.2. The van der Waals surface area contributed by atoms with Gasteiger partial charge < -0.3 is 15.7 Å². The zero-order valence-electron chi connectivity index (χ0n) is 10.2. The van der Waals surface area contributed by atoms with Crippen LogP contribution in [0.15, 0.2) is 30.6 Å². The standard InChI is InChI=1S/C12H10N6O2/c13-10(19)8-9(15-5-14-8)11(20)18-12-16-6-3-1-2-4-7(6)17-12/h1-5H,(H2,13,19)(H,14,15)(H2,16,17,18,20). The molecule has 0 bridgehead atoms. The lowest BCUT2D eigenvalue weighted by Crippen LogP contribution is -2.20. The monoisotopic (exact) mass is 270 g/mol. The number of carbonyl (C=O) groups excluding carboxylic acids is 2. The molecule has 1 aromatic carbocycles. The maximum absolute atomic E-state index is 12.0. The van der Waals surface area contributed by atoms with Crippen LogP contribution >= 0.6 is 0 Å². The predicted molar refractivity (Wildman–Crippen MR) is 71.2 cm³/mol. The molecule has 0 radical (unpaired) electrons. The molecule has 100 valence electrons. The van der Waals surface area contributed by atoms with Gasteiger partial charge in [-0.2, -0.15) is 0 Å². The molecule has 0 aliphatic carbocycles. The lowest BCUT2D eigenvalue weighted by Gasteiger charge is -2.00. The van der Waals surface area contributed by atoms with Crippen molar-refractivity contribution in [1.82, 2.24) is 19.9 Å². The Bertz CT molecular complexity index is 770. The largest absolute Gasteiger partial charge is 0.364 e. The quantitative estimate of drug-likeness (QED) is 0.556. The summed E-state index contributed by atoms with van der Waals surface area (Å²) in [6.07, 6.45) is 1.23. The first-order chi connectivity index (χ1) is 9.65. The van der Waals surface area contributed by atoms with Crippen molar-refractivity contribution in [1.29, 1.82) is 0 Å². The Morgan fingerprint density at radius 3 is 2.80 bits per heavy atom. The van der Waals surface area contributed by atoms with Crippen molar-refractivity contribution in [2.45, 2.75) is 0 Å². The SMILES string of the molecule is NC(=O)c1nc[nH]c1C(=O)Nc1nc2ccccc2[nH]1. The Kier molecular flexibility index (Phi) is 2.68. The summed E-state index contributed by atoms with van der Waals surface area (Å²) in [7, 11) is 0. The van der Waals surface area contributed by atoms with Crippen molar-refractivity contribution in [3.05, 3.63) is 42.0 Å². The number of anilines is 1. The molecule has 0 aliphatic rings. The third-order valence-corrected chi connectivity index (χ3v) is 2.72. The van der Waals surface area contributed by atoms with E-state index >= 15 is 0 Å². The average Bonchev–Trinajstić information content (AvgIpc) is 3.04. The third-order valence-electron chi connectivity index (χ3n) is 2.72. The average molecular weight is 270 g/mol. The molecule has 0 atom stereocenters. The highest BCUT2D eigenvalue weighted by molar-refractivity contribution is 6.09. The lowest BCUT2D eigenvalue weighted by molar-refractivity contribution is 0.0972. The van der Waals surface area contributed by atoms with E-state index in [1.54, 1.807) is 0 Å². The predicted octanol–water partition coefficient (Wildman–Crippen LogP) is 0.637. The first kappa shape index (κ1) is 11.9. The molecule has 0 fully saturated rings. The van der Waals surface area contributed by atoms with Crippen molar-refractivity contribution in [2.75, 3.05) is 5.32 Å². The van der Waals surface area contributed by atoms with Crippen LogP contribution < -0.4 is 11.1 Å². The number of nitrogens with one attached hydrogen (secondary N) is 3. The number of nitrogens with zero attached hydrogens (tertiary/aromatic N) is 2. The fourth-order valence-corrected chi connectivity index (χ4v) is 1.84. The van der Waals surface area contributed by atoms with Crippen molar-refractivity contribution in [3.63, 3.8) is 0 Å². The van der Waals surface area contributed by atoms with Crippen molar-refractivity contribution in [3.8, 4) is 0 Å². The molecule has 0 saturated heterocycles. The Morgan fingerprint density at radius 2 is 2.05 bits per heavy atom. The van der Waals surface area contributed by atoms with E-state index in [-0.39, 0.29) is 17.3 Å². The number of amides is 2. The smallest absolute Gasteiger partial charge is 0.276 e. The zero-order valence-corrected chi connectivity index (χ0v) is 10.2. The van der Waals surface area contributed by atoms with Crippen molar-refractivity contribution < 1.29 is 9.59 Å². The van der Waals surface area contributed by atoms with E-state index in [4.69, 9.17) is 5.73 Å². The van der Waals surface area contributed by atoms with E-state index in [1.165, 1.54) is 6.33 Å². The van der Waals surface area contributed by atoms with E-state index in [9.17, 15) is 9.59 Å². The lowest BCUT2D eigenvalue weighted by atomic mass is 10.3. The normalized spacial score (nSPS) is 10.6. The highest BCUT2D eigenvalue weighted by Gasteiger charge is 2.19. The summed E-state index contributed by atoms with van der Waals surface area (Å²) in [4.78, 5) is 36.6. The topological polar surface area (TPSA) is 130 Å². The Hall–Kier alpha value is -3.16. The highest BCUT2D eigenvalue weighted by Crippen LogP contribution is 2.14. The number of benzene rings is 1. The second-order valence-corrected chi connectivity index (χ2v) is 4.05. The molecule has 0 saturated carbocycles. The number of H-pyrrole nitrogens is 2. The van der Waals surface area contributed by atoms with Crippen LogP contribution in [-0.2, 0) is 0 Å². The molecule has 20 heavy (non-hydrogen) atoms. The number of aromatic nitrogens is 4. The Morgan fingerprint density at radius 1 is 1.25 bits per heavy atom. The molecule has 2 amide bonds. The second kappa shape index (κ2) is 4.50.